The van der Waals surface area contributed by atoms with Crippen molar-refractivity contribution in [3.05, 3.63) is 54.6 Å². The maximum atomic E-state index is 12.6. The molecule has 31 heavy (non-hydrogen) atoms. The number of hydrogen-bond acceptors (Lipinski definition) is 4. The number of fused-ring (bicyclic) bond motifs is 1. The van der Waals surface area contributed by atoms with E-state index in [0.29, 0.717) is 0 Å². The number of piperidine rings is 1. The second kappa shape index (κ2) is 9.04. The van der Waals surface area contributed by atoms with Gasteiger partial charge in [-0.2, -0.15) is 0 Å². The van der Waals surface area contributed by atoms with Gasteiger partial charge in [0.15, 0.2) is 5.82 Å². The molecule has 0 unspecified atom stereocenters. The maximum absolute atomic E-state index is 12.6. The van der Waals surface area contributed by atoms with E-state index >= 15 is 0 Å². The normalized spacial score (nSPS) is 18.3. The van der Waals surface area contributed by atoms with E-state index in [1.165, 1.54) is 19.3 Å². The molecule has 1 aliphatic heterocycles. The fraction of sp³-hybridized carbons (Fsp3) is 0.423. The summed E-state index contributed by atoms with van der Waals surface area (Å²) < 4.78 is 0. The van der Waals surface area contributed by atoms with Crippen LogP contribution in [0.2, 0.25) is 0 Å². The fourth-order valence-corrected chi connectivity index (χ4v) is 4.94. The van der Waals surface area contributed by atoms with Crippen molar-refractivity contribution in [2.75, 3.05) is 18.0 Å². The third-order valence-electron chi connectivity index (χ3n) is 6.73. The predicted octanol–water partition coefficient (Wildman–Crippen LogP) is 4.96. The van der Waals surface area contributed by atoms with Crippen molar-refractivity contribution in [1.29, 1.82) is 0 Å². The molecular formula is C26H30N4O. The Kier molecular flexibility index (Phi) is 5.83. The number of hydrogen-bond donors (Lipinski definition) is 1. The van der Waals surface area contributed by atoms with Gasteiger partial charge >= 0.3 is 0 Å². The highest BCUT2D eigenvalue weighted by Crippen LogP contribution is 2.30. The number of carbonyl (C=O) groups excluding carboxylic acids is 1. The molecule has 2 aliphatic rings. The van der Waals surface area contributed by atoms with E-state index in [-0.39, 0.29) is 17.9 Å². The van der Waals surface area contributed by atoms with Crippen molar-refractivity contribution in [1.82, 2.24) is 15.3 Å². The SMILES string of the molecule is O=C(NC1CCN(c2nc(-c3ccccc3)nc3ccccc23)CC1)C1CCCCC1. The van der Waals surface area contributed by atoms with Gasteiger partial charge in [0.2, 0.25) is 5.91 Å². The van der Waals surface area contributed by atoms with Gasteiger partial charge < -0.3 is 10.2 Å². The molecule has 1 saturated carbocycles. The smallest absolute Gasteiger partial charge is 0.223 e. The highest BCUT2D eigenvalue weighted by atomic mass is 16.1. The summed E-state index contributed by atoms with van der Waals surface area (Å²) in [5.41, 5.74) is 2.00. The van der Waals surface area contributed by atoms with Crippen LogP contribution in [0.1, 0.15) is 44.9 Å². The number of amides is 1. The molecule has 5 heteroatoms. The molecule has 1 amide bonds. The van der Waals surface area contributed by atoms with Gasteiger partial charge in [0.05, 0.1) is 5.52 Å². The van der Waals surface area contributed by atoms with Crippen LogP contribution in [0.3, 0.4) is 0 Å². The molecule has 0 radical (unpaired) electrons. The zero-order valence-corrected chi connectivity index (χ0v) is 18.0. The van der Waals surface area contributed by atoms with Crippen molar-refractivity contribution in [3.8, 4) is 11.4 Å². The van der Waals surface area contributed by atoms with Crippen molar-refractivity contribution in [3.63, 3.8) is 0 Å². The Morgan fingerprint density at radius 3 is 2.32 bits per heavy atom. The minimum absolute atomic E-state index is 0.228. The van der Waals surface area contributed by atoms with Crippen LogP contribution in [-0.2, 0) is 4.79 Å². The third kappa shape index (κ3) is 4.41. The second-order valence-electron chi connectivity index (χ2n) is 8.86. The second-order valence-corrected chi connectivity index (χ2v) is 8.86. The third-order valence-corrected chi connectivity index (χ3v) is 6.73. The van der Waals surface area contributed by atoms with Gasteiger partial charge in [0.1, 0.15) is 5.82 Å². The summed E-state index contributed by atoms with van der Waals surface area (Å²) in [6.07, 6.45) is 7.69. The predicted molar refractivity (Wildman–Crippen MR) is 125 cm³/mol. The van der Waals surface area contributed by atoms with Gasteiger partial charge in [-0.15, -0.1) is 0 Å². The van der Waals surface area contributed by atoms with E-state index in [1.54, 1.807) is 0 Å². The minimum atomic E-state index is 0.228. The Balaban J connectivity index is 1.33. The van der Waals surface area contributed by atoms with Crippen LogP contribution >= 0.6 is 0 Å². The van der Waals surface area contributed by atoms with Crippen LogP contribution in [0.4, 0.5) is 5.82 Å². The average Bonchev–Trinajstić information content (AvgIpc) is 2.85. The first-order valence-electron chi connectivity index (χ1n) is 11.7. The molecule has 0 bridgehead atoms. The van der Waals surface area contributed by atoms with E-state index in [4.69, 9.17) is 9.97 Å². The molecule has 3 aromatic rings. The van der Waals surface area contributed by atoms with E-state index in [2.05, 4.69) is 40.5 Å². The number of carbonyl (C=O) groups is 1. The van der Waals surface area contributed by atoms with Crippen LogP contribution < -0.4 is 10.2 Å². The summed E-state index contributed by atoms with van der Waals surface area (Å²) in [5, 5.41) is 4.43. The van der Waals surface area contributed by atoms with Gasteiger partial charge in [0, 0.05) is 36.0 Å². The molecular weight excluding hydrogens is 384 g/mol. The van der Waals surface area contributed by atoms with Gasteiger partial charge in [-0.05, 0) is 37.8 Å². The largest absolute Gasteiger partial charge is 0.356 e. The van der Waals surface area contributed by atoms with Crippen LogP contribution in [0.25, 0.3) is 22.3 Å². The van der Waals surface area contributed by atoms with Gasteiger partial charge in [-0.1, -0.05) is 61.7 Å². The van der Waals surface area contributed by atoms with E-state index in [9.17, 15) is 4.79 Å². The van der Waals surface area contributed by atoms with Crippen LogP contribution in [0.5, 0.6) is 0 Å². The van der Waals surface area contributed by atoms with E-state index in [0.717, 1.165) is 66.9 Å². The zero-order chi connectivity index (χ0) is 21.0. The zero-order valence-electron chi connectivity index (χ0n) is 18.0. The lowest BCUT2D eigenvalue weighted by molar-refractivity contribution is -0.126. The molecule has 1 aromatic heterocycles. The number of rotatable bonds is 4. The van der Waals surface area contributed by atoms with Crippen molar-refractivity contribution in [2.45, 2.75) is 51.0 Å². The lowest BCUT2D eigenvalue weighted by atomic mass is 9.88. The van der Waals surface area contributed by atoms with Gasteiger partial charge in [-0.25, -0.2) is 9.97 Å². The van der Waals surface area contributed by atoms with Crippen molar-refractivity contribution >= 4 is 22.6 Å². The standard InChI is InChI=1S/C26H30N4O/c31-26(20-11-5-2-6-12-20)27-21-15-17-30(18-16-21)25-22-13-7-8-14-23(22)28-24(29-25)19-9-3-1-4-10-19/h1,3-4,7-10,13-14,20-21H,2,5-6,11-12,15-18H2,(H,27,31). The van der Waals surface area contributed by atoms with Crippen molar-refractivity contribution < 1.29 is 4.79 Å². The molecule has 0 spiro atoms. The van der Waals surface area contributed by atoms with Crippen LogP contribution in [0, 0.1) is 5.92 Å². The molecule has 2 fully saturated rings. The molecule has 1 saturated heterocycles. The number of para-hydroxylation sites is 1. The fourth-order valence-electron chi connectivity index (χ4n) is 4.94. The molecule has 0 atom stereocenters. The number of benzene rings is 2. The number of aromatic nitrogens is 2. The molecule has 2 aromatic carbocycles. The van der Waals surface area contributed by atoms with Gasteiger partial charge in [-0.3, -0.25) is 4.79 Å². The number of anilines is 1. The summed E-state index contributed by atoms with van der Waals surface area (Å²) in [7, 11) is 0. The summed E-state index contributed by atoms with van der Waals surface area (Å²) >= 11 is 0. The van der Waals surface area contributed by atoms with Crippen LogP contribution in [0.15, 0.2) is 54.6 Å². The maximum Gasteiger partial charge on any atom is 0.223 e. The van der Waals surface area contributed by atoms with Crippen molar-refractivity contribution in [2.24, 2.45) is 5.92 Å². The molecule has 1 aliphatic carbocycles. The minimum Gasteiger partial charge on any atom is -0.356 e. The Labute approximate surface area is 183 Å². The topological polar surface area (TPSA) is 58.1 Å². The summed E-state index contributed by atoms with van der Waals surface area (Å²) in [4.78, 5) is 24.8. The summed E-state index contributed by atoms with van der Waals surface area (Å²) in [6, 6.07) is 18.7. The quantitative estimate of drug-likeness (QED) is 0.655. The molecule has 160 valence electrons. The Morgan fingerprint density at radius 1 is 0.839 bits per heavy atom. The Morgan fingerprint density at radius 2 is 1.55 bits per heavy atom. The lowest BCUT2D eigenvalue weighted by Crippen LogP contribution is -2.46. The number of nitrogens with zero attached hydrogens (tertiary/aromatic N) is 3. The average molecular weight is 415 g/mol. The van der Waals surface area contributed by atoms with Gasteiger partial charge in [0.25, 0.3) is 0 Å². The molecule has 5 nitrogen and oxygen atoms in total. The first kappa shape index (κ1) is 20.0. The monoisotopic (exact) mass is 414 g/mol. The molecule has 2 heterocycles. The molecule has 1 N–H and O–H groups in total. The highest BCUT2D eigenvalue weighted by molar-refractivity contribution is 5.91. The Hall–Kier alpha value is -2.95. The highest BCUT2D eigenvalue weighted by Gasteiger charge is 2.27. The first-order valence-corrected chi connectivity index (χ1v) is 11.7. The summed E-state index contributed by atoms with van der Waals surface area (Å²) in [6.45, 7) is 1.79. The first-order chi connectivity index (χ1) is 15.3. The van der Waals surface area contributed by atoms with E-state index < -0.39 is 0 Å². The number of nitrogens with one attached hydrogen (secondary N) is 1. The Bertz CT molecular complexity index is 1040. The molecule has 5 rings (SSSR count). The lowest BCUT2D eigenvalue weighted by Gasteiger charge is -2.34. The van der Waals surface area contributed by atoms with E-state index in [1.807, 2.05) is 24.3 Å². The summed E-state index contributed by atoms with van der Waals surface area (Å²) in [5.74, 6) is 2.27. The van der Waals surface area contributed by atoms with Crippen LogP contribution in [-0.4, -0.2) is 35.0 Å².